The Kier molecular flexibility index (Phi) is 10.0. The van der Waals surface area contributed by atoms with Gasteiger partial charge in [0.15, 0.2) is 15.8 Å². The topological polar surface area (TPSA) is 79.8 Å². The summed E-state index contributed by atoms with van der Waals surface area (Å²) in [6.45, 7) is 6.71. The normalized spacial score (nSPS) is 17.1. The first-order valence-corrected chi connectivity index (χ1v) is 11.2. The second kappa shape index (κ2) is 11.2. The Balaban J connectivity index is 0.00000364. The van der Waals surface area contributed by atoms with E-state index in [9.17, 15) is 8.42 Å². The predicted molar refractivity (Wildman–Crippen MR) is 122 cm³/mol. The molecule has 0 atom stereocenters. The first kappa shape index (κ1) is 24.2. The summed E-state index contributed by atoms with van der Waals surface area (Å²) in [4.78, 5) is 4.66. The van der Waals surface area contributed by atoms with E-state index < -0.39 is 14.6 Å². The van der Waals surface area contributed by atoms with Crippen molar-refractivity contribution >= 4 is 39.8 Å². The van der Waals surface area contributed by atoms with Crippen molar-refractivity contribution in [3.63, 3.8) is 0 Å². The van der Waals surface area contributed by atoms with Gasteiger partial charge in [0.05, 0.1) is 11.3 Å². The van der Waals surface area contributed by atoms with Gasteiger partial charge in [-0.2, -0.15) is 0 Å². The third-order valence-corrected chi connectivity index (χ3v) is 7.15. The molecule has 8 heteroatoms. The molecule has 27 heavy (non-hydrogen) atoms. The molecule has 6 nitrogen and oxygen atoms in total. The third kappa shape index (κ3) is 6.60. The van der Waals surface area contributed by atoms with E-state index in [0.29, 0.717) is 45.1 Å². The minimum absolute atomic E-state index is 0. The number of aryl methyl sites for hydroxylation is 1. The van der Waals surface area contributed by atoms with Crippen LogP contribution in [0.15, 0.2) is 29.3 Å². The highest BCUT2D eigenvalue weighted by Crippen LogP contribution is 2.28. The van der Waals surface area contributed by atoms with Crippen molar-refractivity contribution in [2.24, 2.45) is 4.99 Å². The lowest BCUT2D eigenvalue weighted by atomic mass is 9.99. The van der Waals surface area contributed by atoms with Crippen LogP contribution in [0.25, 0.3) is 0 Å². The standard InChI is InChI=1S/C19H31N3O3S.HI/c1-4-16-8-6-7-9-17(16)14-21-18(20-5-2)22-15-19(26(3,23)24)10-12-25-13-11-19;/h6-9H,4-5,10-15H2,1-3H3,(H2,20,21,22);1H. The molecule has 1 aliphatic rings. The van der Waals surface area contributed by atoms with Crippen LogP contribution < -0.4 is 10.6 Å². The van der Waals surface area contributed by atoms with Crippen molar-refractivity contribution in [3.8, 4) is 0 Å². The quantitative estimate of drug-likeness (QED) is 0.336. The Hall–Kier alpha value is -0.870. The lowest BCUT2D eigenvalue weighted by Crippen LogP contribution is -2.53. The smallest absolute Gasteiger partial charge is 0.191 e. The Morgan fingerprint density at radius 3 is 2.33 bits per heavy atom. The second-order valence-corrected chi connectivity index (χ2v) is 9.15. The fraction of sp³-hybridized carbons (Fsp3) is 0.632. The van der Waals surface area contributed by atoms with Gasteiger partial charge in [0.1, 0.15) is 0 Å². The van der Waals surface area contributed by atoms with E-state index in [1.807, 2.05) is 19.1 Å². The fourth-order valence-corrected chi connectivity index (χ4v) is 4.47. The number of guanidine groups is 1. The van der Waals surface area contributed by atoms with Gasteiger partial charge in [-0.15, -0.1) is 24.0 Å². The van der Waals surface area contributed by atoms with E-state index >= 15 is 0 Å². The zero-order valence-corrected chi connectivity index (χ0v) is 19.6. The Bertz CT molecular complexity index is 717. The molecule has 1 aromatic carbocycles. The van der Waals surface area contributed by atoms with Crippen LogP contribution in [-0.4, -0.2) is 51.7 Å². The molecule has 2 rings (SSSR count). The summed E-state index contributed by atoms with van der Waals surface area (Å²) in [7, 11) is -3.20. The van der Waals surface area contributed by atoms with Gasteiger partial charge < -0.3 is 15.4 Å². The van der Waals surface area contributed by atoms with E-state index in [4.69, 9.17) is 4.74 Å². The molecule has 1 heterocycles. The van der Waals surface area contributed by atoms with E-state index in [0.717, 1.165) is 13.0 Å². The van der Waals surface area contributed by atoms with Crippen LogP contribution >= 0.6 is 24.0 Å². The molecule has 1 aliphatic heterocycles. The fourth-order valence-electron chi connectivity index (χ4n) is 3.23. The lowest BCUT2D eigenvalue weighted by Gasteiger charge is -2.35. The summed E-state index contributed by atoms with van der Waals surface area (Å²) >= 11 is 0. The van der Waals surface area contributed by atoms with Crippen LogP contribution in [0.2, 0.25) is 0 Å². The monoisotopic (exact) mass is 509 g/mol. The summed E-state index contributed by atoms with van der Waals surface area (Å²) in [5.41, 5.74) is 2.47. The van der Waals surface area contributed by atoms with E-state index in [-0.39, 0.29) is 24.0 Å². The molecule has 154 valence electrons. The zero-order chi connectivity index (χ0) is 19.0. The molecular weight excluding hydrogens is 477 g/mol. The number of hydrogen-bond acceptors (Lipinski definition) is 4. The Morgan fingerprint density at radius 2 is 1.78 bits per heavy atom. The first-order valence-electron chi connectivity index (χ1n) is 9.28. The Morgan fingerprint density at radius 1 is 1.15 bits per heavy atom. The number of nitrogens with one attached hydrogen (secondary N) is 2. The molecule has 1 saturated heterocycles. The van der Waals surface area contributed by atoms with Crippen molar-refractivity contribution in [3.05, 3.63) is 35.4 Å². The molecule has 0 aliphatic carbocycles. The summed E-state index contributed by atoms with van der Waals surface area (Å²) in [5, 5.41) is 6.46. The average Bonchev–Trinajstić information content (AvgIpc) is 2.64. The summed E-state index contributed by atoms with van der Waals surface area (Å²) in [6, 6.07) is 8.26. The number of sulfone groups is 1. The van der Waals surface area contributed by atoms with Crippen molar-refractivity contribution in [1.29, 1.82) is 0 Å². The van der Waals surface area contributed by atoms with Gasteiger partial charge in [-0.3, -0.25) is 0 Å². The van der Waals surface area contributed by atoms with Crippen LogP contribution in [0.1, 0.15) is 37.8 Å². The van der Waals surface area contributed by atoms with Gasteiger partial charge in [-0.1, -0.05) is 31.2 Å². The molecule has 0 radical (unpaired) electrons. The number of rotatable bonds is 7. The van der Waals surface area contributed by atoms with Crippen LogP contribution in [0.5, 0.6) is 0 Å². The predicted octanol–water partition coefficient (Wildman–Crippen LogP) is 2.52. The molecule has 0 saturated carbocycles. The van der Waals surface area contributed by atoms with Crippen LogP contribution in [0.4, 0.5) is 0 Å². The third-order valence-electron chi connectivity index (χ3n) is 5.02. The van der Waals surface area contributed by atoms with E-state index in [1.165, 1.54) is 17.4 Å². The largest absolute Gasteiger partial charge is 0.381 e. The van der Waals surface area contributed by atoms with Crippen molar-refractivity contribution in [1.82, 2.24) is 10.6 Å². The molecule has 0 spiro atoms. The molecule has 2 N–H and O–H groups in total. The first-order chi connectivity index (χ1) is 12.4. The maximum absolute atomic E-state index is 12.4. The van der Waals surface area contributed by atoms with Crippen molar-refractivity contribution < 1.29 is 13.2 Å². The summed E-state index contributed by atoms with van der Waals surface area (Å²) in [6.07, 6.45) is 3.31. The Labute approximate surface area is 180 Å². The number of aliphatic imine (C=N–C) groups is 1. The van der Waals surface area contributed by atoms with Gasteiger partial charge >= 0.3 is 0 Å². The van der Waals surface area contributed by atoms with Gasteiger partial charge in [0.25, 0.3) is 0 Å². The second-order valence-electron chi connectivity index (χ2n) is 6.74. The molecule has 0 unspecified atom stereocenters. The maximum atomic E-state index is 12.4. The summed E-state index contributed by atoms with van der Waals surface area (Å²) in [5.74, 6) is 0.646. The number of ether oxygens (including phenoxy) is 1. The lowest BCUT2D eigenvalue weighted by molar-refractivity contribution is 0.0756. The zero-order valence-electron chi connectivity index (χ0n) is 16.5. The molecule has 1 aromatic rings. The van der Waals surface area contributed by atoms with Gasteiger partial charge in [0, 0.05) is 32.6 Å². The summed E-state index contributed by atoms with van der Waals surface area (Å²) < 4.78 is 29.3. The molecule has 0 aromatic heterocycles. The number of hydrogen-bond donors (Lipinski definition) is 2. The molecule has 0 amide bonds. The highest BCUT2D eigenvalue weighted by atomic mass is 127. The average molecular weight is 509 g/mol. The number of nitrogens with zero attached hydrogens (tertiary/aromatic N) is 1. The highest BCUT2D eigenvalue weighted by Gasteiger charge is 2.42. The van der Waals surface area contributed by atoms with Crippen LogP contribution in [0.3, 0.4) is 0 Å². The molecule has 1 fully saturated rings. The number of benzene rings is 1. The SMILES string of the molecule is CCNC(=NCc1ccccc1CC)NCC1(S(C)(=O)=O)CCOCC1.I. The van der Waals surface area contributed by atoms with E-state index in [1.54, 1.807) is 0 Å². The maximum Gasteiger partial charge on any atom is 0.191 e. The minimum atomic E-state index is -3.20. The molecular formula is C19H32IN3O3S. The highest BCUT2D eigenvalue weighted by molar-refractivity contribution is 14.0. The molecule has 0 bridgehead atoms. The number of halogens is 1. The van der Waals surface area contributed by atoms with Crippen LogP contribution in [-0.2, 0) is 27.5 Å². The van der Waals surface area contributed by atoms with Crippen molar-refractivity contribution in [2.45, 2.75) is 44.4 Å². The van der Waals surface area contributed by atoms with Crippen LogP contribution in [0, 0.1) is 0 Å². The van der Waals surface area contributed by atoms with Crippen molar-refractivity contribution in [2.75, 3.05) is 32.6 Å². The van der Waals surface area contributed by atoms with E-state index in [2.05, 4.69) is 34.7 Å². The van der Waals surface area contributed by atoms with Gasteiger partial charge in [-0.25, -0.2) is 13.4 Å². The minimum Gasteiger partial charge on any atom is -0.381 e. The van der Waals surface area contributed by atoms with Gasteiger partial charge in [-0.05, 0) is 37.3 Å². The van der Waals surface area contributed by atoms with Gasteiger partial charge in [0.2, 0.25) is 0 Å².